The van der Waals surface area contributed by atoms with Gasteiger partial charge in [-0.05, 0) is 25.0 Å². The highest BCUT2D eigenvalue weighted by Crippen LogP contribution is 2.34. The van der Waals surface area contributed by atoms with Crippen LogP contribution in [0.15, 0.2) is 18.2 Å². The van der Waals surface area contributed by atoms with Crippen LogP contribution >= 0.6 is 0 Å². The van der Waals surface area contributed by atoms with Crippen LogP contribution in [0, 0.1) is 5.92 Å². The van der Waals surface area contributed by atoms with Crippen LogP contribution in [-0.2, 0) is 9.59 Å². The summed E-state index contributed by atoms with van der Waals surface area (Å²) in [5.74, 6) is 0.875. The first kappa shape index (κ1) is 18.5. The number of nitrogens with zero attached hydrogens (tertiary/aromatic N) is 1. The van der Waals surface area contributed by atoms with Crippen LogP contribution in [0.5, 0.6) is 11.5 Å². The second kappa shape index (κ2) is 8.43. The average molecular weight is 360 g/mol. The molecule has 142 valence electrons. The molecule has 1 atom stereocenters. The molecule has 1 saturated heterocycles. The zero-order valence-electron chi connectivity index (χ0n) is 15.6. The maximum absolute atomic E-state index is 12.6. The van der Waals surface area contributed by atoms with Crippen LogP contribution in [-0.4, -0.2) is 38.6 Å². The predicted molar refractivity (Wildman–Crippen MR) is 99.6 cm³/mol. The Bertz CT molecular complexity index is 653. The molecule has 2 fully saturated rings. The van der Waals surface area contributed by atoms with Crippen LogP contribution < -0.4 is 19.7 Å². The zero-order valence-corrected chi connectivity index (χ0v) is 15.6. The summed E-state index contributed by atoms with van der Waals surface area (Å²) in [4.78, 5) is 26.8. The fourth-order valence-electron chi connectivity index (χ4n) is 3.87. The zero-order chi connectivity index (χ0) is 18.5. The lowest BCUT2D eigenvalue weighted by Gasteiger charge is -2.20. The molecule has 1 heterocycles. The molecule has 26 heavy (non-hydrogen) atoms. The van der Waals surface area contributed by atoms with E-state index in [1.807, 2.05) is 6.07 Å². The smallest absolute Gasteiger partial charge is 0.227 e. The van der Waals surface area contributed by atoms with Gasteiger partial charge in [0, 0.05) is 30.8 Å². The van der Waals surface area contributed by atoms with Crippen molar-refractivity contribution in [1.29, 1.82) is 0 Å². The Kier molecular flexibility index (Phi) is 6.01. The van der Waals surface area contributed by atoms with Crippen molar-refractivity contribution in [3.8, 4) is 11.5 Å². The standard InChI is InChI=1S/C20H28N2O4/c1-25-17-10-9-16(12-18(17)26-2)22-13-14(11-19(22)23)20(24)21-15-7-5-3-4-6-8-15/h9-10,12,14-15H,3-8,11,13H2,1-2H3,(H,21,24). The highest BCUT2D eigenvalue weighted by molar-refractivity contribution is 6.00. The first-order valence-corrected chi connectivity index (χ1v) is 9.45. The number of anilines is 1. The molecule has 3 rings (SSSR count). The minimum Gasteiger partial charge on any atom is -0.493 e. The first-order chi connectivity index (χ1) is 12.6. The van der Waals surface area contributed by atoms with Gasteiger partial charge in [-0.3, -0.25) is 9.59 Å². The summed E-state index contributed by atoms with van der Waals surface area (Å²) in [6.45, 7) is 0.410. The lowest BCUT2D eigenvalue weighted by atomic mass is 10.0. The Labute approximate surface area is 154 Å². The SMILES string of the molecule is COc1ccc(N2CC(C(=O)NC3CCCCCC3)CC2=O)cc1OC. The summed E-state index contributed by atoms with van der Waals surface area (Å²) in [7, 11) is 3.14. The number of carbonyl (C=O) groups is 2. The van der Waals surface area contributed by atoms with Crippen molar-refractivity contribution >= 4 is 17.5 Å². The van der Waals surface area contributed by atoms with Gasteiger partial charge in [0.15, 0.2) is 11.5 Å². The molecule has 1 aliphatic heterocycles. The molecular weight excluding hydrogens is 332 g/mol. The number of rotatable bonds is 5. The molecule has 0 spiro atoms. The van der Waals surface area contributed by atoms with Gasteiger partial charge in [-0.25, -0.2) is 0 Å². The highest BCUT2D eigenvalue weighted by atomic mass is 16.5. The van der Waals surface area contributed by atoms with Crippen molar-refractivity contribution in [2.24, 2.45) is 5.92 Å². The summed E-state index contributed by atoms with van der Waals surface area (Å²) >= 11 is 0. The number of benzene rings is 1. The number of amides is 2. The third-order valence-electron chi connectivity index (χ3n) is 5.38. The van der Waals surface area contributed by atoms with E-state index in [0.717, 1.165) is 18.5 Å². The normalized spacial score (nSPS) is 21.4. The molecule has 1 unspecified atom stereocenters. The summed E-state index contributed by atoms with van der Waals surface area (Å²) in [6.07, 6.45) is 7.20. The van der Waals surface area contributed by atoms with Gasteiger partial charge >= 0.3 is 0 Å². The Morgan fingerprint density at radius 1 is 1.08 bits per heavy atom. The lowest BCUT2D eigenvalue weighted by Crippen LogP contribution is -2.39. The minimum atomic E-state index is -0.293. The summed E-state index contributed by atoms with van der Waals surface area (Å²) < 4.78 is 10.6. The molecule has 1 aliphatic carbocycles. The van der Waals surface area contributed by atoms with Crippen molar-refractivity contribution in [3.05, 3.63) is 18.2 Å². The predicted octanol–water partition coefficient (Wildman–Crippen LogP) is 2.90. The van der Waals surface area contributed by atoms with Crippen molar-refractivity contribution in [1.82, 2.24) is 5.32 Å². The van der Waals surface area contributed by atoms with Crippen molar-refractivity contribution in [2.75, 3.05) is 25.7 Å². The van der Waals surface area contributed by atoms with Crippen molar-refractivity contribution < 1.29 is 19.1 Å². The average Bonchev–Trinajstić information content (AvgIpc) is 2.87. The van der Waals surface area contributed by atoms with E-state index in [2.05, 4.69) is 5.32 Å². The largest absolute Gasteiger partial charge is 0.493 e. The van der Waals surface area contributed by atoms with E-state index < -0.39 is 0 Å². The molecule has 1 saturated carbocycles. The fourth-order valence-corrected chi connectivity index (χ4v) is 3.87. The van der Waals surface area contributed by atoms with E-state index in [1.54, 1.807) is 31.3 Å². The molecule has 0 bridgehead atoms. The maximum atomic E-state index is 12.6. The van der Waals surface area contributed by atoms with Gasteiger partial charge < -0.3 is 19.7 Å². The van der Waals surface area contributed by atoms with E-state index in [4.69, 9.17) is 9.47 Å². The molecule has 2 aliphatic rings. The molecular formula is C20H28N2O4. The van der Waals surface area contributed by atoms with Gasteiger partial charge in [-0.1, -0.05) is 25.7 Å². The van der Waals surface area contributed by atoms with E-state index in [-0.39, 0.29) is 30.2 Å². The number of nitrogens with one attached hydrogen (secondary N) is 1. The van der Waals surface area contributed by atoms with Gasteiger partial charge in [0.1, 0.15) is 0 Å². The number of hydrogen-bond donors (Lipinski definition) is 1. The van der Waals surface area contributed by atoms with Crippen molar-refractivity contribution in [2.45, 2.75) is 51.0 Å². The van der Waals surface area contributed by atoms with Crippen LogP contribution in [0.4, 0.5) is 5.69 Å². The third kappa shape index (κ3) is 4.11. The molecule has 1 N–H and O–H groups in total. The first-order valence-electron chi connectivity index (χ1n) is 9.45. The molecule has 1 aromatic carbocycles. The second-order valence-corrected chi connectivity index (χ2v) is 7.14. The Hall–Kier alpha value is -2.24. The Morgan fingerprint density at radius 2 is 1.77 bits per heavy atom. The number of ether oxygens (including phenoxy) is 2. The number of hydrogen-bond acceptors (Lipinski definition) is 4. The summed E-state index contributed by atoms with van der Waals surface area (Å²) in [5.41, 5.74) is 0.734. The fraction of sp³-hybridized carbons (Fsp3) is 0.600. The van der Waals surface area contributed by atoms with Crippen LogP contribution in [0.25, 0.3) is 0 Å². The van der Waals surface area contributed by atoms with E-state index in [1.165, 1.54) is 25.7 Å². The molecule has 0 radical (unpaired) electrons. The maximum Gasteiger partial charge on any atom is 0.227 e. The summed E-state index contributed by atoms with van der Waals surface area (Å²) in [6, 6.07) is 5.64. The minimum absolute atomic E-state index is 0.00762. The third-order valence-corrected chi connectivity index (χ3v) is 5.38. The monoisotopic (exact) mass is 360 g/mol. The summed E-state index contributed by atoms with van der Waals surface area (Å²) in [5, 5.41) is 3.17. The van der Waals surface area contributed by atoms with E-state index >= 15 is 0 Å². The molecule has 1 aromatic rings. The number of carbonyl (C=O) groups excluding carboxylic acids is 2. The van der Waals surface area contributed by atoms with Crippen LogP contribution in [0.2, 0.25) is 0 Å². The van der Waals surface area contributed by atoms with E-state index in [9.17, 15) is 9.59 Å². The molecule has 0 aromatic heterocycles. The van der Waals surface area contributed by atoms with Gasteiger partial charge in [0.05, 0.1) is 20.1 Å². The Balaban J connectivity index is 1.65. The van der Waals surface area contributed by atoms with Crippen LogP contribution in [0.1, 0.15) is 44.9 Å². The molecule has 2 amide bonds. The highest BCUT2D eigenvalue weighted by Gasteiger charge is 2.36. The number of methoxy groups -OCH3 is 2. The van der Waals surface area contributed by atoms with E-state index in [0.29, 0.717) is 18.0 Å². The Morgan fingerprint density at radius 3 is 2.42 bits per heavy atom. The quantitative estimate of drug-likeness (QED) is 0.820. The second-order valence-electron chi connectivity index (χ2n) is 7.14. The lowest BCUT2D eigenvalue weighted by molar-refractivity contribution is -0.127. The molecule has 6 heteroatoms. The van der Waals surface area contributed by atoms with Gasteiger partial charge in [-0.2, -0.15) is 0 Å². The van der Waals surface area contributed by atoms with Gasteiger partial charge in [-0.15, -0.1) is 0 Å². The van der Waals surface area contributed by atoms with Gasteiger partial charge in [0.2, 0.25) is 11.8 Å². The van der Waals surface area contributed by atoms with Gasteiger partial charge in [0.25, 0.3) is 0 Å². The van der Waals surface area contributed by atoms with Crippen LogP contribution in [0.3, 0.4) is 0 Å². The topological polar surface area (TPSA) is 67.9 Å². The van der Waals surface area contributed by atoms with Crippen molar-refractivity contribution in [3.63, 3.8) is 0 Å². The molecule has 6 nitrogen and oxygen atoms in total.